The van der Waals surface area contributed by atoms with Crippen molar-refractivity contribution < 1.29 is 17.9 Å². The van der Waals surface area contributed by atoms with Crippen LogP contribution in [-0.2, 0) is 21.2 Å². The third-order valence-corrected chi connectivity index (χ3v) is 8.17. The molecule has 3 rings (SSSR count). The third-order valence-electron chi connectivity index (χ3n) is 5.26. The number of piperidine rings is 1. The van der Waals surface area contributed by atoms with Gasteiger partial charge in [0.15, 0.2) is 0 Å². The van der Waals surface area contributed by atoms with Gasteiger partial charge in [-0.25, -0.2) is 8.42 Å². The maximum Gasteiger partial charge on any atom is 0.243 e. The Morgan fingerprint density at radius 1 is 1.10 bits per heavy atom. The summed E-state index contributed by atoms with van der Waals surface area (Å²) in [6.45, 7) is 1.71. The number of rotatable bonds is 10. The van der Waals surface area contributed by atoms with Crippen LogP contribution in [0.5, 0.6) is 5.75 Å². The predicted octanol–water partition coefficient (Wildman–Crippen LogP) is 3.71. The van der Waals surface area contributed by atoms with Gasteiger partial charge in [0.05, 0.1) is 12.0 Å². The van der Waals surface area contributed by atoms with Crippen molar-refractivity contribution in [3.8, 4) is 5.75 Å². The number of methoxy groups -OCH3 is 1. The lowest BCUT2D eigenvalue weighted by atomic mass is 10.1. The highest BCUT2D eigenvalue weighted by molar-refractivity contribution is 7.99. The minimum atomic E-state index is -3.52. The van der Waals surface area contributed by atoms with Crippen molar-refractivity contribution >= 4 is 27.7 Å². The first-order valence-corrected chi connectivity index (χ1v) is 13.0. The van der Waals surface area contributed by atoms with E-state index in [0.29, 0.717) is 31.8 Å². The van der Waals surface area contributed by atoms with Gasteiger partial charge in [-0.05, 0) is 55.2 Å². The van der Waals surface area contributed by atoms with Crippen molar-refractivity contribution in [3.63, 3.8) is 0 Å². The molecular formula is C23H30N2O4S2. The zero-order valence-corrected chi connectivity index (χ0v) is 19.5. The summed E-state index contributed by atoms with van der Waals surface area (Å²) in [4.78, 5) is 13.7. The number of benzene rings is 2. The Morgan fingerprint density at radius 2 is 1.84 bits per heavy atom. The van der Waals surface area contributed by atoms with E-state index in [1.807, 2.05) is 30.3 Å². The smallest absolute Gasteiger partial charge is 0.243 e. The standard InChI is InChI=1S/C23H30N2O4S2/c1-29-22-12-11-21(31(27,28)25-15-6-3-7-16-25)18-19(22)10-13-23(26)24-14-17-30-20-8-4-2-5-9-20/h2,4-5,8-9,11-12,18H,3,6-7,10,13-17H2,1H3,(H,24,26). The predicted molar refractivity (Wildman–Crippen MR) is 124 cm³/mol. The summed E-state index contributed by atoms with van der Waals surface area (Å²) in [5.41, 5.74) is 0.731. The van der Waals surface area contributed by atoms with Crippen molar-refractivity contribution in [2.24, 2.45) is 0 Å². The van der Waals surface area contributed by atoms with Crippen LogP contribution in [0.4, 0.5) is 0 Å². The molecule has 2 aromatic rings. The molecule has 0 unspecified atom stereocenters. The normalized spacial score (nSPS) is 14.9. The van der Waals surface area contributed by atoms with Crippen LogP contribution in [0.1, 0.15) is 31.2 Å². The second-order valence-electron chi connectivity index (χ2n) is 7.45. The van der Waals surface area contributed by atoms with E-state index in [9.17, 15) is 13.2 Å². The molecule has 1 heterocycles. The van der Waals surface area contributed by atoms with Crippen molar-refractivity contribution in [3.05, 3.63) is 54.1 Å². The Labute approximate surface area is 189 Å². The van der Waals surface area contributed by atoms with Crippen LogP contribution in [0.2, 0.25) is 0 Å². The van der Waals surface area contributed by atoms with Gasteiger partial charge in [-0.15, -0.1) is 11.8 Å². The molecule has 0 radical (unpaired) electrons. The molecule has 0 aliphatic carbocycles. The summed E-state index contributed by atoms with van der Waals surface area (Å²) in [5.74, 6) is 1.34. The molecule has 0 bridgehead atoms. The highest BCUT2D eigenvalue weighted by atomic mass is 32.2. The van der Waals surface area contributed by atoms with Crippen LogP contribution in [0.3, 0.4) is 0 Å². The van der Waals surface area contributed by atoms with E-state index >= 15 is 0 Å². The molecule has 0 aromatic heterocycles. The molecule has 0 spiro atoms. The average molecular weight is 463 g/mol. The molecule has 1 fully saturated rings. The molecule has 0 atom stereocenters. The molecule has 1 N–H and O–H groups in total. The van der Waals surface area contributed by atoms with Gasteiger partial charge in [-0.3, -0.25) is 4.79 Å². The number of aryl methyl sites for hydroxylation is 1. The van der Waals surface area contributed by atoms with Crippen LogP contribution < -0.4 is 10.1 Å². The van der Waals surface area contributed by atoms with E-state index in [4.69, 9.17) is 4.74 Å². The van der Waals surface area contributed by atoms with Crippen LogP contribution in [-0.4, -0.2) is 51.1 Å². The van der Waals surface area contributed by atoms with E-state index < -0.39 is 10.0 Å². The maximum atomic E-state index is 13.0. The van der Waals surface area contributed by atoms with Crippen molar-refractivity contribution in [1.29, 1.82) is 0 Å². The third kappa shape index (κ3) is 6.72. The topological polar surface area (TPSA) is 75.7 Å². The fourth-order valence-electron chi connectivity index (χ4n) is 3.58. The largest absolute Gasteiger partial charge is 0.496 e. The summed E-state index contributed by atoms with van der Waals surface area (Å²) in [6.07, 6.45) is 3.55. The SMILES string of the molecule is COc1ccc(S(=O)(=O)N2CCCCC2)cc1CCC(=O)NCCSc1ccccc1. The summed E-state index contributed by atoms with van der Waals surface area (Å²) in [7, 11) is -1.96. The molecule has 1 amide bonds. The van der Waals surface area contributed by atoms with Gasteiger partial charge in [0.25, 0.3) is 0 Å². The molecule has 168 valence electrons. The minimum Gasteiger partial charge on any atom is -0.496 e. The monoisotopic (exact) mass is 462 g/mol. The molecule has 31 heavy (non-hydrogen) atoms. The van der Waals surface area contributed by atoms with Crippen molar-refractivity contribution in [2.75, 3.05) is 32.5 Å². The van der Waals surface area contributed by atoms with Gasteiger partial charge in [0, 0.05) is 36.7 Å². The van der Waals surface area contributed by atoms with Crippen LogP contribution >= 0.6 is 11.8 Å². The molecule has 1 aliphatic rings. The average Bonchev–Trinajstić information content (AvgIpc) is 2.81. The molecule has 1 aliphatic heterocycles. The molecule has 8 heteroatoms. The van der Waals surface area contributed by atoms with Gasteiger partial charge < -0.3 is 10.1 Å². The quantitative estimate of drug-likeness (QED) is 0.430. The Hall–Kier alpha value is -2.03. The van der Waals surface area contributed by atoms with Crippen LogP contribution in [0.25, 0.3) is 0 Å². The second kappa shape index (κ2) is 11.5. The number of carbonyl (C=O) groups excluding carboxylic acids is 1. The molecular weight excluding hydrogens is 432 g/mol. The Kier molecular flexibility index (Phi) is 8.80. The Morgan fingerprint density at radius 3 is 2.55 bits per heavy atom. The highest BCUT2D eigenvalue weighted by Crippen LogP contribution is 2.27. The molecule has 0 saturated carbocycles. The van der Waals surface area contributed by atoms with E-state index in [-0.39, 0.29) is 17.2 Å². The van der Waals surface area contributed by atoms with Crippen LogP contribution in [0, 0.1) is 0 Å². The van der Waals surface area contributed by atoms with E-state index in [0.717, 1.165) is 30.6 Å². The first-order chi connectivity index (χ1) is 15.0. The highest BCUT2D eigenvalue weighted by Gasteiger charge is 2.26. The number of carbonyl (C=O) groups is 1. The van der Waals surface area contributed by atoms with Gasteiger partial charge >= 0.3 is 0 Å². The Bertz CT molecular complexity index is 959. The first kappa shape index (κ1) is 23.6. The van der Waals surface area contributed by atoms with Gasteiger partial charge in [0.1, 0.15) is 5.75 Å². The number of amides is 1. The number of nitrogens with zero attached hydrogens (tertiary/aromatic N) is 1. The lowest BCUT2D eigenvalue weighted by Crippen LogP contribution is -2.35. The minimum absolute atomic E-state index is 0.0556. The number of nitrogens with one attached hydrogen (secondary N) is 1. The number of hydrogen-bond donors (Lipinski definition) is 1. The maximum absolute atomic E-state index is 13.0. The second-order valence-corrected chi connectivity index (χ2v) is 10.6. The zero-order valence-electron chi connectivity index (χ0n) is 17.9. The number of hydrogen-bond acceptors (Lipinski definition) is 5. The number of sulfonamides is 1. The summed E-state index contributed by atoms with van der Waals surface area (Å²) >= 11 is 1.70. The summed E-state index contributed by atoms with van der Waals surface area (Å²) < 4.78 is 32.9. The Balaban J connectivity index is 1.55. The lowest BCUT2D eigenvalue weighted by molar-refractivity contribution is -0.120. The van der Waals surface area contributed by atoms with E-state index in [1.165, 1.54) is 4.90 Å². The van der Waals surface area contributed by atoms with Gasteiger partial charge in [0.2, 0.25) is 15.9 Å². The lowest BCUT2D eigenvalue weighted by Gasteiger charge is -2.26. The van der Waals surface area contributed by atoms with Gasteiger partial charge in [-0.1, -0.05) is 24.6 Å². The fourth-order valence-corrected chi connectivity index (χ4v) is 5.94. The van der Waals surface area contributed by atoms with E-state index in [2.05, 4.69) is 5.32 Å². The van der Waals surface area contributed by atoms with Crippen LogP contribution in [0.15, 0.2) is 58.3 Å². The van der Waals surface area contributed by atoms with Gasteiger partial charge in [-0.2, -0.15) is 4.31 Å². The number of ether oxygens (including phenoxy) is 1. The summed E-state index contributed by atoms with van der Waals surface area (Å²) in [6, 6.07) is 15.0. The van der Waals surface area contributed by atoms with Crippen molar-refractivity contribution in [1.82, 2.24) is 9.62 Å². The summed E-state index contributed by atoms with van der Waals surface area (Å²) in [5, 5.41) is 2.93. The molecule has 2 aromatic carbocycles. The fraction of sp³-hybridized carbons (Fsp3) is 0.435. The zero-order chi connectivity index (χ0) is 22.1. The number of thioether (sulfide) groups is 1. The first-order valence-electron chi connectivity index (χ1n) is 10.6. The molecule has 6 nitrogen and oxygen atoms in total. The molecule has 1 saturated heterocycles. The van der Waals surface area contributed by atoms with E-state index in [1.54, 1.807) is 41.4 Å². The van der Waals surface area contributed by atoms with Crippen molar-refractivity contribution in [2.45, 2.75) is 41.9 Å².